The summed E-state index contributed by atoms with van der Waals surface area (Å²) in [7, 11) is 0. The first-order chi connectivity index (χ1) is 50.2. The van der Waals surface area contributed by atoms with Gasteiger partial charge < -0.3 is 109 Å². The molecular formula is C71H132N22O15. The summed E-state index contributed by atoms with van der Waals surface area (Å²) in [5.74, 6) is -14.4. The van der Waals surface area contributed by atoms with E-state index in [-0.39, 0.29) is 112 Å². The summed E-state index contributed by atoms with van der Waals surface area (Å²) in [5.41, 5.74) is 33.2. The molecule has 0 aromatic heterocycles. The zero-order chi connectivity index (χ0) is 83.0. The van der Waals surface area contributed by atoms with Crippen molar-refractivity contribution < 1.29 is 71.9 Å². The third-order valence-electron chi connectivity index (χ3n) is 16.8. The number of carbonyl (C=O) groups is 15. The molecule has 0 fully saturated rings. The van der Waals surface area contributed by atoms with Crippen LogP contribution in [0.3, 0.4) is 0 Å². The second kappa shape index (κ2) is 51.0. The van der Waals surface area contributed by atoms with E-state index in [4.69, 9.17) is 34.4 Å². The van der Waals surface area contributed by atoms with Gasteiger partial charge in [-0.2, -0.15) is 0 Å². The van der Waals surface area contributed by atoms with Crippen LogP contribution in [0.15, 0.2) is 9.98 Å². The molecule has 0 saturated carbocycles. The Bertz CT molecular complexity index is 3030. The van der Waals surface area contributed by atoms with Crippen LogP contribution in [0.5, 0.6) is 0 Å². The normalized spacial score (nSPS) is 14.7. The van der Waals surface area contributed by atoms with Crippen LogP contribution in [0.4, 0.5) is 0 Å². The molecule has 0 heterocycles. The summed E-state index contributed by atoms with van der Waals surface area (Å²) in [6.07, 6.45) is 2.01. The molecule has 0 unspecified atom stereocenters. The van der Waals surface area contributed by atoms with Gasteiger partial charge in [-0.05, 0) is 131 Å². The summed E-state index contributed by atoms with van der Waals surface area (Å²) in [6.45, 7) is 29.4. The van der Waals surface area contributed by atoms with Gasteiger partial charge in [0.05, 0.1) is 13.1 Å². The quantitative estimate of drug-likeness (QED) is 0.0160. The van der Waals surface area contributed by atoms with Gasteiger partial charge in [-0.15, -0.1) is 0 Å². The highest BCUT2D eigenvalue weighted by molar-refractivity contribution is 6.00. The third kappa shape index (κ3) is 40.5. The molecule has 0 aromatic rings. The molecule has 616 valence electrons. The van der Waals surface area contributed by atoms with Crippen LogP contribution in [0.25, 0.3) is 0 Å². The molecular weight excluding hydrogens is 1400 g/mol. The third-order valence-corrected chi connectivity index (χ3v) is 16.8. The summed E-state index contributed by atoms with van der Waals surface area (Å²) in [6, 6.07) is -14.6. The van der Waals surface area contributed by atoms with Crippen molar-refractivity contribution in [1.29, 1.82) is 0 Å². The molecule has 15 amide bonds. The highest BCUT2D eigenvalue weighted by Gasteiger charge is 2.38. The number of amides is 15. The molecule has 0 saturated heterocycles. The van der Waals surface area contributed by atoms with Gasteiger partial charge in [-0.3, -0.25) is 81.9 Å². The van der Waals surface area contributed by atoms with Gasteiger partial charge >= 0.3 is 0 Å². The minimum atomic E-state index is -1.35. The van der Waals surface area contributed by atoms with E-state index in [9.17, 15) is 71.9 Å². The van der Waals surface area contributed by atoms with Crippen molar-refractivity contribution in [1.82, 2.24) is 74.4 Å². The van der Waals surface area contributed by atoms with Crippen LogP contribution in [0.2, 0.25) is 0 Å². The average Bonchev–Trinajstić information content (AvgIpc) is 0.860. The Morgan fingerprint density at radius 3 is 0.880 bits per heavy atom. The van der Waals surface area contributed by atoms with E-state index in [2.05, 4.69) is 84.4 Å². The number of rotatable bonds is 52. The smallest absolute Gasteiger partial charge is 0.243 e. The van der Waals surface area contributed by atoms with Crippen LogP contribution in [-0.4, -0.2) is 206 Å². The Kier molecular flexibility index (Phi) is 46.5. The maximum Gasteiger partial charge on any atom is 0.243 e. The van der Waals surface area contributed by atoms with Crippen molar-refractivity contribution in [2.75, 3.05) is 32.7 Å². The average molecular weight is 1530 g/mol. The van der Waals surface area contributed by atoms with Crippen molar-refractivity contribution in [2.45, 2.75) is 268 Å². The second-order valence-electron chi connectivity index (χ2n) is 30.4. The van der Waals surface area contributed by atoms with Crippen LogP contribution < -0.4 is 109 Å². The molecule has 0 rings (SSSR count). The number of nitrogens with two attached hydrogens (primary N) is 6. The lowest BCUT2D eigenvalue weighted by molar-refractivity contribution is -0.136. The summed E-state index contributed by atoms with van der Waals surface area (Å²) >= 11 is 0. The number of primary amides is 1. The Morgan fingerprint density at radius 1 is 0.296 bits per heavy atom. The number of hydrogen-bond donors (Lipinski definition) is 20. The minimum Gasteiger partial charge on any atom is -0.370 e. The summed E-state index contributed by atoms with van der Waals surface area (Å²) in [5, 5.41) is 36.8. The molecule has 37 nitrogen and oxygen atoms in total. The molecule has 0 radical (unpaired) electrons. The number of guanidine groups is 2. The fraction of sp³-hybridized carbons (Fsp3) is 0.761. The number of hydrogen-bond acceptors (Lipinski definition) is 18. The summed E-state index contributed by atoms with van der Waals surface area (Å²) < 4.78 is 0. The van der Waals surface area contributed by atoms with Gasteiger partial charge in [0, 0.05) is 20.0 Å². The zero-order valence-electron chi connectivity index (χ0n) is 66.8. The Balaban J connectivity index is 6.54. The number of aliphatic imine (C=N–C) groups is 2. The van der Waals surface area contributed by atoms with Gasteiger partial charge in [0.2, 0.25) is 88.6 Å². The highest BCUT2D eigenvalue weighted by Crippen LogP contribution is 2.15. The standard InChI is InChI=1S/C71H132N22O15/c1-35(2)29-48(60(99)80-33-52(95)84-46(24-21-27-78-70(74)75)62(101)86-50(31-37(5)6)65(104)90-54(39(9)10)58(73)97)88-68(107)56(41(13)14)91-59(98)43(17)82-67(106)55(40(11)12)93-66(105)51(32-38(7)8)87-63(102)47(25-22-28-79-71(76)77)85-53(96)34-81-61(100)49(30-36(3)4)89-69(108)57(42(15)16)92-64(103)45(83-44(18)94)23-19-20-26-72/h35-43,45-51,54-57H,19-34,72H2,1-18H3,(H2,73,97)(H,80,99)(H,81,100)(H,82,106)(H,83,94)(H,84,95)(H,85,96)(H,86,101)(H,87,102)(H,88,107)(H,89,108)(H,90,104)(H,91,98)(H,92,103)(H,93,105)(H4,74,75,78)(H4,76,77,79)/t43-,45-,46-,47-,48-,49-,50-,51-,54-,55-,56-,57-/m0/s1. The van der Waals surface area contributed by atoms with E-state index in [1.54, 1.807) is 83.1 Å². The fourth-order valence-corrected chi connectivity index (χ4v) is 11.1. The predicted octanol–water partition coefficient (Wildman–Crippen LogP) is -3.39. The van der Waals surface area contributed by atoms with E-state index >= 15 is 0 Å². The van der Waals surface area contributed by atoms with E-state index in [0.717, 1.165) is 0 Å². The Morgan fingerprint density at radius 2 is 0.574 bits per heavy atom. The zero-order valence-corrected chi connectivity index (χ0v) is 66.8. The molecule has 0 bridgehead atoms. The van der Waals surface area contributed by atoms with E-state index < -0.39 is 192 Å². The van der Waals surface area contributed by atoms with Crippen molar-refractivity contribution in [3.8, 4) is 0 Å². The van der Waals surface area contributed by atoms with Crippen LogP contribution in [0, 0.1) is 47.3 Å². The first kappa shape index (κ1) is 98.6. The molecule has 0 aromatic carbocycles. The highest BCUT2D eigenvalue weighted by atomic mass is 16.2. The van der Waals surface area contributed by atoms with Gasteiger partial charge in [0.25, 0.3) is 0 Å². The largest absolute Gasteiger partial charge is 0.370 e. The monoisotopic (exact) mass is 1530 g/mol. The number of nitrogens with zero attached hydrogens (tertiary/aromatic N) is 2. The van der Waals surface area contributed by atoms with Crippen LogP contribution in [-0.2, 0) is 71.9 Å². The molecule has 12 atom stereocenters. The topological polar surface area (TPSA) is 605 Å². The van der Waals surface area contributed by atoms with Crippen LogP contribution in [0.1, 0.15) is 195 Å². The molecule has 0 aliphatic rings. The van der Waals surface area contributed by atoms with Gasteiger partial charge in [-0.1, -0.05) is 111 Å². The molecule has 0 aliphatic carbocycles. The van der Waals surface area contributed by atoms with Gasteiger partial charge in [0.15, 0.2) is 11.9 Å². The van der Waals surface area contributed by atoms with Crippen molar-refractivity contribution in [3.05, 3.63) is 0 Å². The lowest BCUT2D eigenvalue weighted by atomic mass is 9.99. The number of unbranched alkanes of at least 4 members (excludes halogenated alkanes) is 1. The molecule has 108 heavy (non-hydrogen) atoms. The lowest BCUT2D eigenvalue weighted by Crippen LogP contribution is -2.61. The van der Waals surface area contributed by atoms with Crippen LogP contribution >= 0.6 is 0 Å². The maximum atomic E-state index is 14.3. The molecule has 26 N–H and O–H groups in total. The SMILES string of the molecule is CC(=O)N[C@@H](CCCCN)C(=O)N[C@H](C(=O)N[C@@H](CC(C)C)C(=O)NCC(=O)N[C@@H](CCCN=C(N)N)C(=O)N[C@@H](CC(C)C)C(=O)N[C@H](C(=O)N[C@@H](C)C(=O)N[C@H](C(=O)N[C@@H](CC(C)C)C(=O)NCC(=O)N[C@@H](CCCN=C(N)N)C(=O)N[C@@H](CC(C)C)C(=O)N[C@H](C(N)=O)C(C)C)C(C)C)C(C)C)C(C)C. The van der Waals surface area contributed by atoms with Gasteiger partial charge in [-0.25, -0.2) is 0 Å². The van der Waals surface area contributed by atoms with E-state index in [1.165, 1.54) is 13.8 Å². The Labute approximate surface area is 636 Å². The lowest BCUT2D eigenvalue weighted by Gasteiger charge is -2.29. The predicted molar refractivity (Wildman–Crippen MR) is 410 cm³/mol. The fourth-order valence-electron chi connectivity index (χ4n) is 11.1. The maximum absolute atomic E-state index is 14.3. The minimum absolute atomic E-state index is 0.0187. The van der Waals surface area contributed by atoms with Crippen molar-refractivity contribution >= 4 is 101 Å². The molecule has 0 spiro atoms. The second-order valence-corrected chi connectivity index (χ2v) is 30.4. The number of carbonyl (C=O) groups excluding carboxylic acids is 15. The van der Waals surface area contributed by atoms with Gasteiger partial charge in [0.1, 0.15) is 72.5 Å². The number of nitrogens with one attached hydrogen (secondary N) is 14. The van der Waals surface area contributed by atoms with E-state index in [1.807, 2.05) is 27.7 Å². The first-order valence-electron chi connectivity index (χ1n) is 37.5. The first-order valence-corrected chi connectivity index (χ1v) is 37.5. The van der Waals surface area contributed by atoms with Crippen molar-refractivity contribution in [2.24, 2.45) is 91.7 Å². The van der Waals surface area contributed by atoms with E-state index in [0.29, 0.717) is 19.4 Å². The van der Waals surface area contributed by atoms with Crippen molar-refractivity contribution in [3.63, 3.8) is 0 Å². The molecule has 0 aliphatic heterocycles. The summed E-state index contributed by atoms with van der Waals surface area (Å²) in [4.78, 5) is 212. The Hall–Kier alpha value is -9.45. The molecule has 37 heteroatoms.